The van der Waals surface area contributed by atoms with Crippen LogP contribution in [0.2, 0.25) is 0 Å². The molecule has 1 unspecified atom stereocenters. The Morgan fingerprint density at radius 2 is 2.00 bits per heavy atom. The first-order chi connectivity index (χ1) is 6.96. The van der Waals surface area contributed by atoms with E-state index in [4.69, 9.17) is 9.84 Å². The van der Waals surface area contributed by atoms with E-state index in [1.807, 2.05) is 6.92 Å². The highest BCUT2D eigenvalue weighted by Gasteiger charge is 2.32. The Hall–Kier alpha value is -1.10. The van der Waals surface area contributed by atoms with Crippen LogP contribution >= 0.6 is 0 Å². The molecule has 0 heterocycles. The molecule has 15 heavy (non-hydrogen) atoms. The lowest BCUT2D eigenvalue weighted by atomic mass is 9.99. The highest BCUT2D eigenvalue weighted by Crippen LogP contribution is 2.08. The molecule has 0 radical (unpaired) electrons. The van der Waals surface area contributed by atoms with Crippen LogP contribution in [0.25, 0.3) is 0 Å². The number of amides is 1. The van der Waals surface area contributed by atoms with Crippen LogP contribution in [0.3, 0.4) is 0 Å². The molecule has 0 aliphatic rings. The third kappa shape index (κ3) is 4.78. The van der Waals surface area contributed by atoms with E-state index in [1.165, 1.54) is 6.92 Å². The van der Waals surface area contributed by atoms with Crippen molar-refractivity contribution in [2.45, 2.75) is 39.2 Å². The molecule has 5 heteroatoms. The maximum atomic E-state index is 11.3. The van der Waals surface area contributed by atoms with Crippen molar-refractivity contribution in [2.75, 3.05) is 13.2 Å². The zero-order chi connectivity index (χ0) is 11.9. The fourth-order valence-corrected chi connectivity index (χ4v) is 0.946. The van der Waals surface area contributed by atoms with Crippen LogP contribution in [0, 0.1) is 0 Å². The molecule has 0 aromatic rings. The third-order valence-corrected chi connectivity index (χ3v) is 2.18. The van der Waals surface area contributed by atoms with E-state index in [0.29, 0.717) is 13.0 Å². The molecule has 0 spiro atoms. The van der Waals surface area contributed by atoms with E-state index in [2.05, 4.69) is 5.32 Å². The SMILES string of the molecule is CCCOCC(=O)NC(C)(CC)C(=O)O. The molecular weight excluding hydrogens is 198 g/mol. The van der Waals surface area contributed by atoms with Crippen LogP contribution < -0.4 is 5.32 Å². The Kier molecular flexibility index (Phi) is 5.93. The molecule has 0 fully saturated rings. The molecule has 0 aliphatic heterocycles. The molecule has 88 valence electrons. The second kappa shape index (κ2) is 6.40. The van der Waals surface area contributed by atoms with E-state index < -0.39 is 17.4 Å². The van der Waals surface area contributed by atoms with Crippen molar-refractivity contribution in [2.24, 2.45) is 0 Å². The van der Waals surface area contributed by atoms with Crippen molar-refractivity contribution in [3.8, 4) is 0 Å². The molecule has 0 rings (SSSR count). The molecule has 5 nitrogen and oxygen atoms in total. The lowest BCUT2D eigenvalue weighted by molar-refractivity contribution is -0.147. The van der Waals surface area contributed by atoms with Gasteiger partial charge >= 0.3 is 5.97 Å². The minimum Gasteiger partial charge on any atom is -0.480 e. The molecule has 0 saturated carbocycles. The van der Waals surface area contributed by atoms with Crippen molar-refractivity contribution in [3.05, 3.63) is 0 Å². The van der Waals surface area contributed by atoms with E-state index in [9.17, 15) is 9.59 Å². The molecule has 1 atom stereocenters. The number of hydrogen-bond donors (Lipinski definition) is 2. The number of carboxylic acid groups (broad SMARTS) is 1. The Morgan fingerprint density at radius 1 is 1.40 bits per heavy atom. The normalized spacial score (nSPS) is 14.3. The van der Waals surface area contributed by atoms with Gasteiger partial charge in [0.2, 0.25) is 5.91 Å². The second-order valence-corrected chi connectivity index (χ2v) is 3.59. The minimum atomic E-state index is -1.20. The smallest absolute Gasteiger partial charge is 0.329 e. The van der Waals surface area contributed by atoms with Crippen molar-refractivity contribution in [1.29, 1.82) is 0 Å². The number of carbonyl (C=O) groups excluding carboxylic acids is 1. The summed E-state index contributed by atoms with van der Waals surface area (Å²) in [4.78, 5) is 22.2. The predicted octanol–water partition coefficient (Wildman–Crippen LogP) is 0.782. The molecular formula is C10H19NO4. The number of ether oxygens (including phenoxy) is 1. The predicted molar refractivity (Wildman–Crippen MR) is 55.6 cm³/mol. The quantitative estimate of drug-likeness (QED) is 0.618. The first kappa shape index (κ1) is 13.9. The Balaban J connectivity index is 4.08. The first-order valence-corrected chi connectivity index (χ1v) is 5.08. The summed E-state index contributed by atoms with van der Waals surface area (Å²) in [5, 5.41) is 11.3. The maximum Gasteiger partial charge on any atom is 0.329 e. The fraction of sp³-hybridized carbons (Fsp3) is 0.800. The van der Waals surface area contributed by atoms with Crippen molar-refractivity contribution < 1.29 is 19.4 Å². The lowest BCUT2D eigenvalue weighted by Gasteiger charge is -2.24. The van der Waals surface area contributed by atoms with Crippen LogP contribution in [-0.4, -0.2) is 35.7 Å². The van der Waals surface area contributed by atoms with Gasteiger partial charge in [-0.3, -0.25) is 4.79 Å². The van der Waals surface area contributed by atoms with Gasteiger partial charge in [-0.1, -0.05) is 13.8 Å². The monoisotopic (exact) mass is 217 g/mol. The summed E-state index contributed by atoms with van der Waals surface area (Å²) in [5.74, 6) is -1.43. The highest BCUT2D eigenvalue weighted by molar-refractivity contribution is 5.87. The number of rotatable bonds is 7. The van der Waals surface area contributed by atoms with E-state index in [-0.39, 0.29) is 6.61 Å². The van der Waals surface area contributed by atoms with Gasteiger partial charge in [-0.05, 0) is 19.8 Å². The lowest BCUT2D eigenvalue weighted by Crippen LogP contribution is -2.52. The summed E-state index contributed by atoms with van der Waals surface area (Å²) in [5.41, 5.74) is -1.20. The van der Waals surface area contributed by atoms with Gasteiger partial charge in [0, 0.05) is 6.61 Å². The van der Waals surface area contributed by atoms with E-state index in [0.717, 1.165) is 6.42 Å². The summed E-state index contributed by atoms with van der Waals surface area (Å²) in [7, 11) is 0. The summed E-state index contributed by atoms with van der Waals surface area (Å²) in [6.45, 7) is 5.54. The average Bonchev–Trinajstić information content (AvgIpc) is 2.17. The van der Waals surface area contributed by atoms with Crippen molar-refractivity contribution in [1.82, 2.24) is 5.32 Å². The largest absolute Gasteiger partial charge is 0.480 e. The summed E-state index contributed by atoms with van der Waals surface area (Å²) in [6, 6.07) is 0. The van der Waals surface area contributed by atoms with E-state index >= 15 is 0 Å². The Bertz CT molecular complexity index is 229. The van der Waals surface area contributed by atoms with Crippen molar-refractivity contribution in [3.63, 3.8) is 0 Å². The molecule has 0 bridgehead atoms. The van der Waals surface area contributed by atoms with Gasteiger partial charge < -0.3 is 15.2 Å². The molecule has 0 aromatic heterocycles. The Labute approximate surface area is 89.8 Å². The van der Waals surface area contributed by atoms with Crippen LogP contribution in [0.5, 0.6) is 0 Å². The third-order valence-electron chi connectivity index (χ3n) is 2.18. The molecule has 0 aromatic carbocycles. The van der Waals surface area contributed by atoms with Crippen LogP contribution in [0.4, 0.5) is 0 Å². The van der Waals surface area contributed by atoms with Gasteiger partial charge in [0.05, 0.1) is 0 Å². The van der Waals surface area contributed by atoms with Crippen LogP contribution in [0.1, 0.15) is 33.6 Å². The minimum absolute atomic E-state index is 0.0866. The number of aliphatic carboxylic acids is 1. The summed E-state index contributed by atoms with van der Waals surface area (Å²) >= 11 is 0. The van der Waals surface area contributed by atoms with Gasteiger partial charge in [0.25, 0.3) is 0 Å². The molecule has 0 saturated heterocycles. The topological polar surface area (TPSA) is 75.6 Å². The zero-order valence-electron chi connectivity index (χ0n) is 9.50. The number of nitrogens with one attached hydrogen (secondary N) is 1. The van der Waals surface area contributed by atoms with Gasteiger partial charge in [0.15, 0.2) is 0 Å². The standard InChI is InChI=1S/C10H19NO4/c1-4-6-15-7-8(12)11-10(3,5-2)9(13)14/h4-7H2,1-3H3,(H,11,12)(H,13,14). The van der Waals surface area contributed by atoms with Crippen molar-refractivity contribution >= 4 is 11.9 Å². The fourth-order valence-electron chi connectivity index (χ4n) is 0.946. The zero-order valence-corrected chi connectivity index (χ0v) is 9.50. The summed E-state index contributed by atoms with van der Waals surface area (Å²) < 4.78 is 5.01. The summed E-state index contributed by atoms with van der Waals surface area (Å²) in [6.07, 6.45) is 1.17. The number of carbonyl (C=O) groups is 2. The number of hydrogen-bond acceptors (Lipinski definition) is 3. The number of carboxylic acids is 1. The highest BCUT2D eigenvalue weighted by atomic mass is 16.5. The van der Waals surface area contributed by atoms with Gasteiger partial charge in [0.1, 0.15) is 12.1 Å². The van der Waals surface area contributed by atoms with Crippen LogP contribution in [0.15, 0.2) is 0 Å². The first-order valence-electron chi connectivity index (χ1n) is 5.08. The molecule has 2 N–H and O–H groups in total. The van der Waals surface area contributed by atoms with Gasteiger partial charge in [-0.25, -0.2) is 4.79 Å². The maximum absolute atomic E-state index is 11.3. The molecule has 0 aliphatic carbocycles. The average molecular weight is 217 g/mol. The van der Waals surface area contributed by atoms with Gasteiger partial charge in [-0.2, -0.15) is 0 Å². The second-order valence-electron chi connectivity index (χ2n) is 3.59. The van der Waals surface area contributed by atoms with E-state index in [1.54, 1.807) is 6.92 Å². The van der Waals surface area contributed by atoms with Gasteiger partial charge in [-0.15, -0.1) is 0 Å². The molecule has 1 amide bonds. The Morgan fingerprint density at radius 3 is 2.40 bits per heavy atom. The van der Waals surface area contributed by atoms with Crippen LogP contribution in [-0.2, 0) is 14.3 Å².